The Morgan fingerprint density at radius 2 is 2.07 bits per heavy atom. The summed E-state index contributed by atoms with van der Waals surface area (Å²) in [7, 11) is 3.74. The molecule has 2 fully saturated rings. The fraction of sp³-hybridized carbons (Fsp3) is 0.450. The van der Waals surface area contributed by atoms with Crippen molar-refractivity contribution in [2.75, 3.05) is 50.0 Å². The molecule has 2 aromatic rings. The third-order valence-electron chi connectivity index (χ3n) is 5.89. The molecule has 1 aromatic carbocycles. The topological polar surface area (TPSA) is 40.6 Å². The zero-order valence-electron chi connectivity index (χ0n) is 16.6. The van der Waals surface area contributed by atoms with Crippen LogP contribution >= 0.6 is 23.5 Å². The van der Waals surface area contributed by atoms with Crippen LogP contribution in [-0.4, -0.2) is 55.8 Å². The van der Waals surface area contributed by atoms with Crippen molar-refractivity contribution in [3.8, 4) is 0 Å². The minimum atomic E-state index is -0.862. The molecule has 5 nitrogen and oxygen atoms in total. The first-order valence-corrected chi connectivity index (χ1v) is 10.7. The fourth-order valence-electron chi connectivity index (χ4n) is 4.17. The van der Waals surface area contributed by atoms with Crippen molar-refractivity contribution < 1.29 is 17.9 Å². The monoisotopic (exact) mass is 458 g/mol. The molecule has 2 saturated heterocycles. The van der Waals surface area contributed by atoms with E-state index in [2.05, 4.69) is 21.7 Å². The Hall–Kier alpha value is -1.68. The minimum Gasteiger partial charge on any atom is -0.376 e. The quantitative estimate of drug-likeness (QED) is 0.392. The van der Waals surface area contributed by atoms with Gasteiger partial charge in [0.25, 0.3) is 0 Å². The summed E-state index contributed by atoms with van der Waals surface area (Å²) in [4.78, 5) is 7.41. The minimum absolute atomic E-state index is 0.147. The van der Waals surface area contributed by atoms with Gasteiger partial charge in [0.05, 0.1) is 11.3 Å². The van der Waals surface area contributed by atoms with Gasteiger partial charge < -0.3 is 19.3 Å². The number of ether oxygens (including phenoxy) is 1. The molecule has 0 amide bonds. The molecule has 0 saturated carbocycles. The summed E-state index contributed by atoms with van der Waals surface area (Å²) >= 11 is 6.96. The van der Waals surface area contributed by atoms with Crippen LogP contribution in [0.3, 0.4) is 0 Å². The summed E-state index contributed by atoms with van der Waals surface area (Å²) in [5.74, 6) is -1.78. The Labute approximate surface area is 182 Å². The average molecular weight is 459 g/mol. The highest BCUT2D eigenvalue weighted by molar-refractivity contribution is 8.00. The highest BCUT2D eigenvalue weighted by Crippen LogP contribution is 2.43. The number of nitrogens with zero attached hydrogens (tertiary/aromatic N) is 3. The number of methoxy groups -OCH3 is 1. The predicted molar refractivity (Wildman–Crippen MR) is 113 cm³/mol. The van der Waals surface area contributed by atoms with E-state index in [0.29, 0.717) is 36.6 Å². The van der Waals surface area contributed by atoms with E-state index in [-0.39, 0.29) is 21.3 Å². The molecular weight excluding hydrogens is 437 g/mol. The van der Waals surface area contributed by atoms with Gasteiger partial charge in [0.2, 0.25) is 5.95 Å². The lowest BCUT2D eigenvalue weighted by Gasteiger charge is -2.46. The Bertz CT molecular complexity index is 947. The second-order valence-corrected chi connectivity index (χ2v) is 8.94. The Morgan fingerprint density at radius 3 is 2.73 bits per heavy atom. The van der Waals surface area contributed by atoms with Crippen molar-refractivity contribution in [3.05, 3.63) is 46.9 Å². The number of hydrogen-bond acceptors (Lipinski definition) is 6. The summed E-state index contributed by atoms with van der Waals surface area (Å²) in [6, 6.07) is 5.37. The Balaban J connectivity index is 1.53. The lowest BCUT2D eigenvalue weighted by atomic mass is 9.81. The summed E-state index contributed by atoms with van der Waals surface area (Å²) in [5.41, 5.74) is -0.0348. The number of likely N-dealkylation sites (tertiary alicyclic amines) is 1. The fourth-order valence-corrected chi connectivity index (χ4v) is 5.16. The molecule has 2 aliphatic heterocycles. The maximum Gasteiger partial charge on any atom is 0.214 e. The maximum atomic E-state index is 14.9. The third kappa shape index (κ3) is 3.95. The molecule has 4 rings (SSSR count). The smallest absolute Gasteiger partial charge is 0.214 e. The van der Waals surface area contributed by atoms with E-state index < -0.39 is 17.6 Å². The van der Waals surface area contributed by atoms with Crippen molar-refractivity contribution >= 4 is 35.1 Å². The van der Waals surface area contributed by atoms with Crippen LogP contribution in [0.2, 0.25) is 5.02 Å². The van der Waals surface area contributed by atoms with E-state index in [4.69, 9.17) is 16.3 Å². The molecule has 1 N–H and O–H groups in total. The average Bonchev–Trinajstić information content (AvgIpc) is 3.13. The number of anilines is 2. The van der Waals surface area contributed by atoms with Crippen LogP contribution in [0.25, 0.3) is 0 Å². The van der Waals surface area contributed by atoms with E-state index in [0.717, 1.165) is 19.5 Å². The van der Waals surface area contributed by atoms with E-state index in [9.17, 15) is 13.2 Å². The van der Waals surface area contributed by atoms with Gasteiger partial charge in [0.1, 0.15) is 21.6 Å². The second kappa shape index (κ2) is 8.45. The van der Waals surface area contributed by atoms with Gasteiger partial charge in [-0.1, -0.05) is 17.7 Å². The molecule has 1 aromatic heterocycles. The number of pyridine rings is 1. The normalized spacial score (nSPS) is 22.4. The van der Waals surface area contributed by atoms with Crippen molar-refractivity contribution in [3.63, 3.8) is 0 Å². The molecule has 10 heteroatoms. The van der Waals surface area contributed by atoms with Gasteiger partial charge >= 0.3 is 0 Å². The van der Waals surface area contributed by atoms with Crippen LogP contribution in [0, 0.1) is 23.5 Å². The standard InChI is InChI=1S/C20H22ClF3N4OS/c1-27-9-12(10-27)20(29-2)6-7-28(11-20)14-8-13(22)19(18(24)17(14)21)30-26-16-5-3-4-15(23)25-16/h3-5,8,12H,6-7,9-11H2,1-2H3,(H,25,26). The first kappa shape index (κ1) is 21.5. The molecular formula is C20H22ClF3N4OS. The van der Waals surface area contributed by atoms with Crippen molar-refractivity contribution in [1.82, 2.24) is 9.88 Å². The summed E-state index contributed by atoms with van der Waals surface area (Å²) in [5, 5.41) is -0.148. The first-order valence-electron chi connectivity index (χ1n) is 9.54. The van der Waals surface area contributed by atoms with Gasteiger partial charge in [-0.25, -0.2) is 13.8 Å². The van der Waals surface area contributed by atoms with E-state index >= 15 is 0 Å². The summed E-state index contributed by atoms with van der Waals surface area (Å²) < 4.78 is 51.4. The molecule has 0 aliphatic carbocycles. The van der Waals surface area contributed by atoms with E-state index in [1.165, 1.54) is 24.3 Å². The van der Waals surface area contributed by atoms with Crippen LogP contribution in [0.5, 0.6) is 0 Å². The highest BCUT2D eigenvalue weighted by Gasteiger charge is 2.49. The van der Waals surface area contributed by atoms with Gasteiger partial charge in [-0.3, -0.25) is 0 Å². The molecule has 162 valence electrons. The van der Waals surface area contributed by atoms with Gasteiger partial charge in [-0.15, -0.1) is 0 Å². The SMILES string of the molecule is COC1(C2CN(C)C2)CCN(c2cc(F)c(SNc3cccc(F)n3)c(F)c2Cl)C1. The zero-order chi connectivity index (χ0) is 21.5. The molecule has 0 spiro atoms. The molecule has 1 atom stereocenters. The van der Waals surface area contributed by atoms with Crippen LogP contribution in [0.1, 0.15) is 6.42 Å². The van der Waals surface area contributed by atoms with Crippen molar-refractivity contribution in [1.29, 1.82) is 0 Å². The van der Waals surface area contributed by atoms with Crippen LogP contribution in [0.15, 0.2) is 29.2 Å². The third-order valence-corrected chi connectivity index (χ3v) is 7.14. The number of nitrogens with one attached hydrogen (secondary N) is 1. The molecule has 30 heavy (non-hydrogen) atoms. The first-order chi connectivity index (χ1) is 14.3. The van der Waals surface area contributed by atoms with Gasteiger partial charge in [0.15, 0.2) is 5.82 Å². The van der Waals surface area contributed by atoms with Gasteiger partial charge in [-0.2, -0.15) is 4.39 Å². The van der Waals surface area contributed by atoms with E-state index in [1.807, 2.05) is 4.90 Å². The van der Waals surface area contributed by atoms with Crippen LogP contribution in [0.4, 0.5) is 24.7 Å². The van der Waals surface area contributed by atoms with Gasteiger partial charge in [-0.05, 0) is 37.5 Å². The van der Waals surface area contributed by atoms with Crippen LogP contribution < -0.4 is 9.62 Å². The Kier molecular flexibility index (Phi) is 6.07. The zero-order valence-corrected chi connectivity index (χ0v) is 18.2. The number of halogens is 4. The highest BCUT2D eigenvalue weighted by atomic mass is 35.5. The lowest BCUT2D eigenvalue weighted by Crippen LogP contribution is -2.58. The number of hydrogen-bond donors (Lipinski definition) is 1. The van der Waals surface area contributed by atoms with Gasteiger partial charge in [0, 0.05) is 45.3 Å². The molecule has 1 unspecified atom stereocenters. The largest absolute Gasteiger partial charge is 0.376 e. The predicted octanol–water partition coefficient (Wildman–Crippen LogP) is 4.43. The maximum absolute atomic E-state index is 14.9. The summed E-state index contributed by atoms with van der Waals surface area (Å²) in [6.45, 7) is 3.00. The second-order valence-electron chi connectivity index (χ2n) is 7.74. The van der Waals surface area contributed by atoms with E-state index in [1.54, 1.807) is 7.11 Å². The summed E-state index contributed by atoms with van der Waals surface area (Å²) in [6.07, 6.45) is 0.769. The molecule has 0 radical (unpaired) electrons. The number of benzene rings is 1. The number of aromatic nitrogens is 1. The lowest BCUT2D eigenvalue weighted by molar-refractivity contribution is -0.0909. The molecule has 2 aliphatic rings. The van der Waals surface area contributed by atoms with Crippen molar-refractivity contribution in [2.45, 2.75) is 16.9 Å². The number of rotatable bonds is 6. The Morgan fingerprint density at radius 1 is 1.30 bits per heavy atom. The van der Waals surface area contributed by atoms with Crippen LogP contribution in [-0.2, 0) is 4.74 Å². The molecule has 3 heterocycles. The van der Waals surface area contributed by atoms with Crippen molar-refractivity contribution in [2.24, 2.45) is 5.92 Å². The molecule has 0 bridgehead atoms.